The van der Waals surface area contributed by atoms with Gasteiger partial charge in [0.25, 0.3) is 0 Å². The van der Waals surface area contributed by atoms with Crippen LogP contribution < -0.4 is 10.6 Å². The van der Waals surface area contributed by atoms with Gasteiger partial charge in [0.2, 0.25) is 11.9 Å². The highest BCUT2D eigenvalue weighted by molar-refractivity contribution is 5.79. The molecule has 142 valence electrons. The van der Waals surface area contributed by atoms with E-state index in [1.807, 2.05) is 25.2 Å². The number of carbonyl (C=O) groups is 1. The normalized spacial score (nSPS) is 31.1. The molecule has 2 heterocycles. The van der Waals surface area contributed by atoms with Crippen LogP contribution in [-0.2, 0) is 16.6 Å². The van der Waals surface area contributed by atoms with Crippen LogP contribution in [0.5, 0.6) is 0 Å². The van der Waals surface area contributed by atoms with Crippen LogP contribution in [0.15, 0.2) is 6.20 Å². The van der Waals surface area contributed by atoms with Gasteiger partial charge >= 0.3 is 0 Å². The van der Waals surface area contributed by atoms with E-state index in [1.54, 1.807) is 0 Å². The molecule has 1 unspecified atom stereocenters. The summed E-state index contributed by atoms with van der Waals surface area (Å²) in [5.74, 6) is 1.30. The summed E-state index contributed by atoms with van der Waals surface area (Å²) in [4.78, 5) is 26.6. The van der Waals surface area contributed by atoms with Crippen LogP contribution in [0, 0.1) is 5.92 Å². The molecule has 1 atom stereocenters. The quantitative estimate of drug-likeness (QED) is 0.874. The van der Waals surface area contributed by atoms with Crippen LogP contribution in [0.4, 0.5) is 5.95 Å². The third-order valence-corrected chi connectivity index (χ3v) is 6.64. The first-order chi connectivity index (χ1) is 12.5. The van der Waals surface area contributed by atoms with Crippen LogP contribution in [0.2, 0.25) is 0 Å². The van der Waals surface area contributed by atoms with Crippen LogP contribution in [0.3, 0.4) is 0 Å². The summed E-state index contributed by atoms with van der Waals surface area (Å²) in [5, 5.41) is 0. The number of aryl methyl sites for hydroxylation is 1. The van der Waals surface area contributed by atoms with Gasteiger partial charge in [0.1, 0.15) is 0 Å². The first-order valence-corrected chi connectivity index (χ1v) is 10.1. The summed E-state index contributed by atoms with van der Waals surface area (Å²) in [5.41, 5.74) is 8.51. The average molecular weight is 358 g/mol. The number of carbonyl (C=O) groups excluding carboxylic acids is 1. The summed E-state index contributed by atoms with van der Waals surface area (Å²) in [7, 11) is 3.96. The lowest BCUT2D eigenvalue weighted by Crippen LogP contribution is -2.50. The Hall–Kier alpha value is -1.69. The first kappa shape index (κ1) is 17.7. The molecule has 3 aliphatic rings. The van der Waals surface area contributed by atoms with Crippen molar-refractivity contribution in [1.29, 1.82) is 0 Å². The average Bonchev–Trinajstić information content (AvgIpc) is 2.99. The van der Waals surface area contributed by atoms with E-state index in [2.05, 4.69) is 9.88 Å². The standard InChI is InChI=1S/C20H31N5O/c1-24(2)19-22-12-15-8-10-20(17(15)23-19)9-3-11-25(13-20)18(26)14-4-6-16(21)7-5-14/h12,14,16H,3-11,13,21H2,1-2H3. The Morgan fingerprint density at radius 3 is 2.77 bits per heavy atom. The Morgan fingerprint density at radius 1 is 1.27 bits per heavy atom. The number of nitrogens with zero attached hydrogens (tertiary/aromatic N) is 4. The molecule has 2 fully saturated rings. The zero-order valence-electron chi connectivity index (χ0n) is 16.1. The number of amides is 1. The van der Waals surface area contributed by atoms with Gasteiger partial charge in [-0.1, -0.05) is 0 Å². The smallest absolute Gasteiger partial charge is 0.225 e. The second-order valence-corrected chi connectivity index (χ2v) is 8.69. The molecule has 1 spiro atoms. The van der Waals surface area contributed by atoms with E-state index in [0.717, 1.165) is 70.4 Å². The third-order valence-electron chi connectivity index (χ3n) is 6.64. The zero-order valence-corrected chi connectivity index (χ0v) is 16.1. The minimum atomic E-state index is 0.0298. The van der Waals surface area contributed by atoms with Crippen molar-refractivity contribution in [3.05, 3.63) is 17.5 Å². The lowest BCUT2D eigenvalue weighted by Gasteiger charge is -2.42. The van der Waals surface area contributed by atoms with E-state index in [9.17, 15) is 4.79 Å². The summed E-state index contributed by atoms with van der Waals surface area (Å²) < 4.78 is 0. The van der Waals surface area contributed by atoms with Gasteiger partial charge in [-0.05, 0) is 56.9 Å². The molecule has 1 saturated carbocycles. The Labute approximate surface area is 156 Å². The second kappa shape index (κ2) is 6.80. The summed E-state index contributed by atoms with van der Waals surface area (Å²) in [6.45, 7) is 1.72. The number of piperidine rings is 1. The monoisotopic (exact) mass is 357 g/mol. The summed E-state index contributed by atoms with van der Waals surface area (Å²) in [6, 6.07) is 0.287. The van der Waals surface area contributed by atoms with Gasteiger partial charge in [0, 0.05) is 50.8 Å². The minimum Gasteiger partial charge on any atom is -0.347 e. The molecule has 0 aromatic carbocycles. The van der Waals surface area contributed by atoms with Gasteiger partial charge in [0.15, 0.2) is 0 Å². The van der Waals surface area contributed by atoms with E-state index in [4.69, 9.17) is 10.7 Å². The number of nitrogens with two attached hydrogens (primary N) is 1. The maximum atomic E-state index is 13.1. The SMILES string of the molecule is CN(C)c1ncc2c(n1)C1(CCCN(C(=O)C3CCC(N)CC3)C1)CC2. The maximum absolute atomic E-state index is 13.1. The number of aromatic nitrogens is 2. The van der Waals surface area contributed by atoms with Crippen molar-refractivity contribution in [2.24, 2.45) is 11.7 Å². The molecule has 0 radical (unpaired) electrons. The van der Waals surface area contributed by atoms with Crippen molar-refractivity contribution in [2.75, 3.05) is 32.1 Å². The van der Waals surface area contributed by atoms with E-state index in [0.29, 0.717) is 5.91 Å². The zero-order chi connectivity index (χ0) is 18.3. The number of likely N-dealkylation sites (tertiary alicyclic amines) is 1. The highest BCUT2D eigenvalue weighted by atomic mass is 16.2. The number of hydrogen-bond donors (Lipinski definition) is 1. The predicted molar refractivity (Wildman–Crippen MR) is 102 cm³/mol. The molecule has 6 nitrogen and oxygen atoms in total. The molecule has 1 aromatic rings. The molecular formula is C20H31N5O. The molecule has 1 saturated heterocycles. The van der Waals surface area contributed by atoms with Crippen LogP contribution in [0.1, 0.15) is 56.2 Å². The Kier molecular flexibility index (Phi) is 4.63. The second-order valence-electron chi connectivity index (χ2n) is 8.69. The van der Waals surface area contributed by atoms with Gasteiger partial charge in [-0.15, -0.1) is 0 Å². The van der Waals surface area contributed by atoms with E-state index >= 15 is 0 Å². The van der Waals surface area contributed by atoms with E-state index in [-0.39, 0.29) is 17.4 Å². The molecule has 2 N–H and O–H groups in total. The minimum absolute atomic E-state index is 0.0298. The van der Waals surface area contributed by atoms with Gasteiger partial charge < -0.3 is 15.5 Å². The molecule has 1 aliphatic heterocycles. The van der Waals surface area contributed by atoms with E-state index in [1.165, 1.54) is 11.3 Å². The molecular weight excluding hydrogens is 326 g/mol. The fraction of sp³-hybridized carbons (Fsp3) is 0.750. The molecule has 1 amide bonds. The van der Waals surface area contributed by atoms with Crippen molar-refractivity contribution < 1.29 is 4.79 Å². The molecule has 4 rings (SSSR count). The number of rotatable bonds is 2. The topological polar surface area (TPSA) is 75.4 Å². The van der Waals surface area contributed by atoms with Crippen molar-refractivity contribution in [1.82, 2.24) is 14.9 Å². The van der Waals surface area contributed by atoms with Crippen molar-refractivity contribution in [3.8, 4) is 0 Å². The van der Waals surface area contributed by atoms with Gasteiger partial charge in [-0.3, -0.25) is 4.79 Å². The van der Waals surface area contributed by atoms with Crippen molar-refractivity contribution in [2.45, 2.75) is 62.8 Å². The highest BCUT2D eigenvalue weighted by Crippen LogP contribution is 2.44. The van der Waals surface area contributed by atoms with E-state index < -0.39 is 0 Å². The molecule has 26 heavy (non-hydrogen) atoms. The Bertz CT molecular complexity index is 679. The van der Waals surface area contributed by atoms with Crippen LogP contribution in [0.25, 0.3) is 0 Å². The fourth-order valence-corrected chi connectivity index (χ4v) is 5.09. The van der Waals surface area contributed by atoms with Crippen molar-refractivity contribution in [3.63, 3.8) is 0 Å². The summed E-state index contributed by atoms with van der Waals surface area (Å²) >= 11 is 0. The van der Waals surface area contributed by atoms with Gasteiger partial charge in [-0.25, -0.2) is 9.97 Å². The number of anilines is 1. The molecule has 6 heteroatoms. The lowest BCUT2D eigenvalue weighted by atomic mass is 9.76. The molecule has 0 bridgehead atoms. The maximum Gasteiger partial charge on any atom is 0.225 e. The first-order valence-electron chi connectivity index (χ1n) is 10.1. The largest absolute Gasteiger partial charge is 0.347 e. The van der Waals surface area contributed by atoms with Gasteiger partial charge in [0.05, 0.1) is 5.69 Å². The van der Waals surface area contributed by atoms with Crippen molar-refractivity contribution >= 4 is 11.9 Å². The summed E-state index contributed by atoms with van der Waals surface area (Å²) in [6.07, 6.45) is 10.2. The Balaban J connectivity index is 1.54. The van der Waals surface area contributed by atoms with Crippen LogP contribution in [-0.4, -0.2) is 54.0 Å². The molecule has 2 aliphatic carbocycles. The van der Waals surface area contributed by atoms with Gasteiger partial charge in [-0.2, -0.15) is 0 Å². The highest BCUT2D eigenvalue weighted by Gasteiger charge is 2.45. The number of fused-ring (bicyclic) bond motifs is 2. The third kappa shape index (κ3) is 3.08. The molecule has 1 aromatic heterocycles. The van der Waals surface area contributed by atoms with Crippen LogP contribution >= 0.6 is 0 Å². The lowest BCUT2D eigenvalue weighted by molar-refractivity contribution is -0.139. The predicted octanol–water partition coefficient (Wildman–Crippen LogP) is 1.87. The Morgan fingerprint density at radius 2 is 2.04 bits per heavy atom. The fourth-order valence-electron chi connectivity index (χ4n) is 5.09. The number of hydrogen-bond acceptors (Lipinski definition) is 5.